The molecular formula is C24H32F2N4O3. The van der Waals surface area contributed by atoms with Crippen molar-refractivity contribution < 1.29 is 23.0 Å². The van der Waals surface area contributed by atoms with E-state index in [0.717, 1.165) is 57.8 Å². The van der Waals surface area contributed by atoms with E-state index in [1.165, 1.54) is 0 Å². The molecule has 2 fully saturated rings. The number of hydrogen-bond donors (Lipinski definition) is 0. The molecule has 0 bridgehead atoms. The number of aromatic nitrogens is 3. The minimum atomic E-state index is -2.76. The fraction of sp³-hybridized carbons (Fsp3) is 0.625. The highest BCUT2D eigenvalue weighted by Crippen LogP contribution is 2.34. The molecule has 4 rings (SSSR count). The normalized spacial score (nSPS) is 17.5. The molecule has 0 atom stereocenters. The summed E-state index contributed by atoms with van der Waals surface area (Å²) >= 11 is 0. The van der Waals surface area contributed by atoms with Gasteiger partial charge in [0, 0.05) is 25.7 Å². The first-order valence-electron chi connectivity index (χ1n) is 11.8. The Balaban J connectivity index is 1.50. The summed E-state index contributed by atoms with van der Waals surface area (Å²) in [4.78, 5) is 18.4. The second kappa shape index (κ2) is 10.5. The molecule has 9 heteroatoms. The van der Waals surface area contributed by atoms with Gasteiger partial charge in [-0.15, -0.1) is 0 Å². The second-order valence-electron chi connectivity index (χ2n) is 8.99. The number of ether oxygens (including phenoxy) is 2. The number of carbonyl (C=O) groups excluding carboxylic acids is 1. The van der Waals surface area contributed by atoms with Gasteiger partial charge in [0.25, 0.3) is 6.43 Å². The Morgan fingerprint density at radius 3 is 2.55 bits per heavy atom. The number of hydrogen-bond acceptors (Lipinski definition) is 5. The Labute approximate surface area is 193 Å². The van der Waals surface area contributed by atoms with Crippen LogP contribution in [0.5, 0.6) is 5.75 Å². The molecule has 0 aromatic carbocycles. The lowest BCUT2D eigenvalue weighted by Gasteiger charge is -2.24. The Bertz CT molecular complexity index is 953. The van der Waals surface area contributed by atoms with Crippen molar-refractivity contribution in [3.05, 3.63) is 29.7 Å². The molecule has 33 heavy (non-hydrogen) atoms. The van der Waals surface area contributed by atoms with Crippen LogP contribution >= 0.6 is 0 Å². The van der Waals surface area contributed by atoms with Gasteiger partial charge in [-0.25, -0.2) is 18.6 Å². The maximum Gasteiger partial charge on any atom is 0.410 e. The summed E-state index contributed by atoms with van der Waals surface area (Å²) in [6.45, 7) is -0.0201. The van der Waals surface area contributed by atoms with E-state index in [2.05, 4.69) is 10.1 Å². The lowest BCUT2D eigenvalue weighted by atomic mass is 9.98. The molecule has 0 N–H and O–H groups in total. The number of aryl methyl sites for hydroxylation is 1. The number of nitrogens with zero attached hydrogens (tertiary/aromatic N) is 4. The number of halogens is 2. The van der Waals surface area contributed by atoms with Gasteiger partial charge < -0.3 is 14.4 Å². The molecule has 7 nitrogen and oxygen atoms in total. The minimum absolute atomic E-state index is 0.0201. The predicted octanol–water partition coefficient (Wildman–Crippen LogP) is 5.64. The smallest absolute Gasteiger partial charge is 0.410 e. The minimum Gasteiger partial charge on any atom is -0.488 e. The van der Waals surface area contributed by atoms with Gasteiger partial charge in [-0.3, -0.25) is 4.68 Å². The van der Waals surface area contributed by atoms with Crippen molar-refractivity contribution in [2.45, 2.75) is 83.0 Å². The molecule has 0 saturated heterocycles. The van der Waals surface area contributed by atoms with Crippen molar-refractivity contribution in [1.82, 2.24) is 19.7 Å². The maximum atomic E-state index is 13.8. The Morgan fingerprint density at radius 1 is 1.15 bits per heavy atom. The average Bonchev–Trinajstić information content (AvgIpc) is 3.48. The van der Waals surface area contributed by atoms with Crippen molar-refractivity contribution >= 4 is 6.09 Å². The SMILES string of the molecule is CN(C(=O)OCc1c(-c2ccc(OC3CCCCC3)c(C(F)F)n2)cnn1C)C1CCCC1. The third-order valence-corrected chi connectivity index (χ3v) is 6.77. The summed E-state index contributed by atoms with van der Waals surface area (Å²) in [7, 11) is 3.48. The van der Waals surface area contributed by atoms with Crippen molar-refractivity contribution in [2.24, 2.45) is 7.05 Å². The second-order valence-corrected chi connectivity index (χ2v) is 8.99. The van der Waals surface area contributed by atoms with E-state index in [1.807, 2.05) is 0 Å². The number of pyridine rings is 1. The van der Waals surface area contributed by atoms with E-state index in [4.69, 9.17) is 9.47 Å². The molecule has 0 spiro atoms. The van der Waals surface area contributed by atoms with E-state index >= 15 is 0 Å². The quantitative estimate of drug-likeness (QED) is 0.532. The molecular weight excluding hydrogens is 430 g/mol. The van der Waals surface area contributed by atoms with Crippen LogP contribution < -0.4 is 4.74 Å². The fourth-order valence-electron chi connectivity index (χ4n) is 4.75. The molecule has 2 aromatic heterocycles. The highest BCUT2D eigenvalue weighted by atomic mass is 19.3. The van der Waals surface area contributed by atoms with Gasteiger partial charge in [-0.05, 0) is 50.7 Å². The van der Waals surface area contributed by atoms with Crippen LogP contribution in [-0.2, 0) is 18.4 Å². The zero-order valence-corrected chi connectivity index (χ0v) is 19.3. The van der Waals surface area contributed by atoms with E-state index in [-0.39, 0.29) is 30.2 Å². The standard InChI is InChI=1S/C24H32F2N4O3/c1-29(16-8-6-7-9-16)24(31)32-15-20-18(14-27-30(20)2)19-12-13-21(22(28-19)23(25)26)33-17-10-4-3-5-11-17/h12-14,16-17,23H,3-11,15H2,1-2H3. The van der Waals surface area contributed by atoms with Gasteiger partial charge in [-0.1, -0.05) is 19.3 Å². The van der Waals surface area contributed by atoms with Crippen LogP contribution in [0.15, 0.2) is 18.3 Å². The van der Waals surface area contributed by atoms with Crippen LogP contribution in [0.3, 0.4) is 0 Å². The first-order chi connectivity index (χ1) is 15.9. The molecule has 180 valence electrons. The highest BCUT2D eigenvalue weighted by Gasteiger charge is 2.26. The third-order valence-electron chi connectivity index (χ3n) is 6.77. The molecule has 2 aromatic rings. The Morgan fingerprint density at radius 2 is 1.85 bits per heavy atom. The molecule has 2 saturated carbocycles. The van der Waals surface area contributed by atoms with Gasteiger partial charge in [0.2, 0.25) is 0 Å². The van der Waals surface area contributed by atoms with E-state index in [1.54, 1.807) is 42.0 Å². The van der Waals surface area contributed by atoms with Gasteiger partial charge >= 0.3 is 6.09 Å². The molecule has 2 heterocycles. The Kier molecular flexibility index (Phi) is 7.45. The van der Waals surface area contributed by atoms with Crippen molar-refractivity contribution in [3.63, 3.8) is 0 Å². The first-order valence-corrected chi connectivity index (χ1v) is 11.8. The molecule has 0 unspecified atom stereocenters. The monoisotopic (exact) mass is 462 g/mol. The summed E-state index contributed by atoms with van der Waals surface area (Å²) in [5.74, 6) is 0.135. The van der Waals surface area contributed by atoms with Crippen LogP contribution in [0.1, 0.15) is 75.6 Å². The first kappa shape index (κ1) is 23.4. The summed E-state index contributed by atoms with van der Waals surface area (Å²) in [6.07, 6.45) is 7.56. The van der Waals surface area contributed by atoms with E-state index < -0.39 is 12.5 Å². The topological polar surface area (TPSA) is 69.5 Å². The van der Waals surface area contributed by atoms with Crippen LogP contribution in [0.2, 0.25) is 0 Å². The lowest BCUT2D eigenvalue weighted by Crippen LogP contribution is -2.35. The van der Waals surface area contributed by atoms with E-state index in [0.29, 0.717) is 17.0 Å². The van der Waals surface area contributed by atoms with E-state index in [9.17, 15) is 13.6 Å². The van der Waals surface area contributed by atoms with Crippen LogP contribution in [0.4, 0.5) is 13.6 Å². The zero-order valence-electron chi connectivity index (χ0n) is 19.3. The Hall–Kier alpha value is -2.71. The highest BCUT2D eigenvalue weighted by molar-refractivity contribution is 5.68. The van der Waals surface area contributed by atoms with Crippen LogP contribution in [0, 0.1) is 0 Å². The van der Waals surface area contributed by atoms with Gasteiger partial charge in [-0.2, -0.15) is 5.10 Å². The maximum absolute atomic E-state index is 13.8. The van der Waals surface area contributed by atoms with Crippen molar-refractivity contribution in [1.29, 1.82) is 0 Å². The molecule has 2 aliphatic carbocycles. The summed E-state index contributed by atoms with van der Waals surface area (Å²) < 4.78 is 40.7. The molecule has 2 aliphatic rings. The van der Waals surface area contributed by atoms with Crippen molar-refractivity contribution in [3.8, 4) is 17.0 Å². The third kappa shape index (κ3) is 5.45. The lowest BCUT2D eigenvalue weighted by molar-refractivity contribution is 0.0899. The average molecular weight is 463 g/mol. The molecule has 0 aliphatic heterocycles. The van der Waals surface area contributed by atoms with Crippen LogP contribution in [0.25, 0.3) is 11.3 Å². The number of rotatable bonds is 7. The zero-order chi connectivity index (χ0) is 23.4. The van der Waals surface area contributed by atoms with Crippen LogP contribution in [-0.4, -0.2) is 45.0 Å². The molecule has 1 amide bonds. The van der Waals surface area contributed by atoms with Gasteiger partial charge in [0.05, 0.1) is 23.7 Å². The predicted molar refractivity (Wildman–Crippen MR) is 119 cm³/mol. The number of amides is 1. The largest absolute Gasteiger partial charge is 0.488 e. The summed E-state index contributed by atoms with van der Waals surface area (Å²) in [5.41, 5.74) is 1.13. The summed E-state index contributed by atoms with van der Waals surface area (Å²) in [5, 5.41) is 4.24. The fourth-order valence-corrected chi connectivity index (χ4v) is 4.75. The van der Waals surface area contributed by atoms with Crippen molar-refractivity contribution in [2.75, 3.05) is 7.05 Å². The number of carbonyl (C=O) groups is 1. The summed E-state index contributed by atoms with van der Waals surface area (Å²) in [6, 6.07) is 3.43. The number of alkyl halides is 2. The molecule has 0 radical (unpaired) electrons. The van der Waals surface area contributed by atoms with Gasteiger partial charge in [0.1, 0.15) is 18.1 Å². The van der Waals surface area contributed by atoms with Gasteiger partial charge in [0.15, 0.2) is 0 Å².